The van der Waals surface area contributed by atoms with Crippen molar-refractivity contribution >= 4 is 0 Å². The van der Waals surface area contributed by atoms with Crippen LogP contribution in [0.3, 0.4) is 0 Å². The second-order valence-electron chi connectivity index (χ2n) is 3.44. The molecule has 0 heterocycles. The standard InChI is InChI=1S/C11H23/c1-4-7-10-11(8-5-2)9-6-3/h11H,2,4-10H2,1,3H3. The van der Waals surface area contributed by atoms with Gasteiger partial charge < -0.3 is 0 Å². The van der Waals surface area contributed by atoms with Gasteiger partial charge in [0.1, 0.15) is 0 Å². The summed E-state index contributed by atoms with van der Waals surface area (Å²) >= 11 is 0. The Balaban J connectivity index is 3.34. The van der Waals surface area contributed by atoms with Crippen LogP contribution in [0.2, 0.25) is 0 Å². The fraction of sp³-hybridized carbons (Fsp3) is 0.909. The van der Waals surface area contributed by atoms with Gasteiger partial charge in [0, 0.05) is 0 Å². The second kappa shape index (κ2) is 8.10. The summed E-state index contributed by atoms with van der Waals surface area (Å²) in [6.07, 6.45) is 9.40. The molecule has 1 radical (unpaired) electrons. The van der Waals surface area contributed by atoms with E-state index < -0.39 is 0 Å². The van der Waals surface area contributed by atoms with Gasteiger partial charge in [0.2, 0.25) is 0 Å². The first-order chi connectivity index (χ1) is 5.35. The predicted molar refractivity (Wildman–Crippen MR) is 52.5 cm³/mol. The summed E-state index contributed by atoms with van der Waals surface area (Å²) in [5.41, 5.74) is 0. The summed E-state index contributed by atoms with van der Waals surface area (Å²) in [4.78, 5) is 0. The maximum atomic E-state index is 3.92. The fourth-order valence-electron chi connectivity index (χ4n) is 1.62. The van der Waals surface area contributed by atoms with E-state index in [1.54, 1.807) is 0 Å². The maximum absolute atomic E-state index is 3.92. The van der Waals surface area contributed by atoms with Gasteiger partial charge in [-0.25, -0.2) is 0 Å². The van der Waals surface area contributed by atoms with Gasteiger partial charge in [0.25, 0.3) is 0 Å². The molecule has 0 saturated heterocycles. The van der Waals surface area contributed by atoms with Gasteiger partial charge in [-0.15, -0.1) is 0 Å². The van der Waals surface area contributed by atoms with Crippen LogP contribution in [0.25, 0.3) is 0 Å². The van der Waals surface area contributed by atoms with Crippen LogP contribution in [-0.2, 0) is 0 Å². The lowest BCUT2D eigenvalue weighted by molar-refractivity contribution is 0.404. The molecule has 0 rings (SSSR count). The van der Waals surface area contributed by atoms with Crippen LogP contribution in [0.4, 0.5) is 0 Å². The topological polar surface area (TPSA) is 0 Å². The minimum atomic E-state index is 0.970. The third kappa shape index (κ3) is 6.40. The van der Waals surface area contributed by atoms with E-state index in [0.717, 1.165) is 12.3 Å². The maximum Gasteiger partial charge on any atom is -0.0414 e. The molecule has 0 saturated carbocycles. The molecule has 0 amide bonds. The van der Waals surface area contributed by atoms with Crippen molar-refractivity contribution in [2.75, 3.05) is 0 Å². The van der Waals surface area contributed by atoms with Crippen LogP contribution in [0.1, 0.15) is 58.8 Å². The Morgan fingerprint density at radius 3 is 2.18 bits per heavy atom. The molecular weight excluding hydrogens is 132 g/mol. The Morgan fingerprint density at radius 2 is 1.73 bits per heavy atom. The van der Waals surface area contributed by atoms with Crippen molar-refractivity contribution in [2.45, 2.75) is 58.8 Å². The predicted octanol–water partition coefficient (Wildman–Crippen LogP) is 4.21. The van der Waals surface area contributed by atoms with Crippen molar-refractivity contribution in [3.8, 4) is 0 Å². The molecular formula is C11H23. The van der Waals surface area contributed by atoms with Gasteiger partial charge >= 0.3 is 0 Å². The first kappa shape index (κ1) is 11.0. The van der Waals surface area contributed by atoms with Crippen molar-refractivity contribution in [3.05, 3.63) is 6.92 Å². The lowest BCUT2D eigenvalue weighted by Gasteiger charge is -2.13. The zero-order valence-corrected chi connectivity index (χ0v) is 8.23. The van der Waals surface area contributed by atoms with Crippen molar-refractivity contribution in [1.29, 1.82) is 0 Å². The van der Waals surface area contributed by atoms with Crippen molar-refractivity contribution < 1.29 is 0 Å². The highest BCUT2D eigenvalue weighted by molar-refractivity contribution is 4.59. The van der Waals surface area contributed by atoms with E-state index in [9.17, 15) is 0 Å². The quantitative estimate of drug-likeness (QED) is 0.516. The van der Waals surface area contributed by atoms with E-state index in [1.165, 1.54) is 38.5 Å². The highest BCUT2D eigenvalue weighted by Crippen LogP contribution is 2.19. The van der Waals surface area contributed by atoms with Gasteiger partial charge in [-0.05, 0) is 5.92 Å². The Kier molecular flexibility index (Phi) is 8.10. The lowest BCUT2D eigenvalue weighted by Crippen LogP contribution is -1.99. The molecule has 0 nitrogen and oxygen atoms in total. The SMILES string of the molecule is [CH2]CCC(CCC)CCCC. The van der Waals surface area contributed by atoms with Crippen LogP contribution in [0.5, 0.6) is 0 Å². The molecule has 1 atom stereocenters. The summed E-state index contributed by atoms with van der Waals surface area (Å²) < 4.78 is 0. The molecule has 0 heteroatoms. The van der Waals surface area contributed by atoms with E-state index in [1.807, 2.05) is 0 Å². The molecule has 0 N–H and O–H groups in total. The molecule has 1 unspecified atom stereocenters. The minimum absolute atomic E-state index is 0.970. The van der Waals surface area contributed by atoms with Crippen molar-refractivity contribution in [3.63, 3.8) is 0 Å². The molecule has 0 aromatic heterocycles. The molecule has 0 aliphatic carbocycles. The number of unbranched alkanes of at least 4 members (excludes halogenated alkanes) is 1. The Hall–Kier alpha value is 0. The van der Waals surface area contributed by atoms with Gasteiger partial charge in [-0.1, -0.05) is 65.7 Å². The molecule has 0 aromatic carbocycles. The van der Waals surface area contributed by atoms with Crippen LogP contribution < -0.4 is 0 Å². The Morgan fingerprint density at radius 1 is 1.00 bits per heavy atom. The fourth-order valence-corrected chi connectivity index (χ4v) is 1.62. The second-order valence-corrected chi connectivity index (χ2v) is 3.44. The summed E-state index contributed by atoms with van der Waals surface area (Å²) in [7, 11) is 0. The third-order valence-corrected chi connectivity index (χ3v) is 2.28. The van der Waals surface area contributed by atoms with Gasteiger partial charge in [0.05, 0.1) is 0 Å². The molecule has 0 aliphatic rings. The smallest absolute Gasteiger partial charge is 0.0414 e. The van der Waals surface area contributed by atoms with E-state index in [0.29, 0.717) is 0 Å². The molecule has 11 heavy (non-hydrogen) atoms. The minimum Gasteiger partial charge on any atom is -0.0654 e. The molecule has 0 aliphatic heterocycles. The largest absolute Gasteiger partial charge is 0.0654 e. The summed E-state index contributed by atoms with van der Waals surface area (Å²) in [5, 5.41) is 0. The van der Waals surface area contributed by atoms with Crippen molar-refractivity contribution in [1.82, 2.24) is 0 Å². The summed E-state index contributed by atoms with van der Waals surface area (Å²) in [5.74, 6) is 0.970. The van der Waals surface area contributed by atoms with Crippen LogP contribution in [0.15, 0.2) is 0 Å². The zero-order valence-electron chi connectivity index (χ0n) is 8.23. The van der Waals surface area contributed by atoms with Crippen molar-refractivity contribution in [2.24, 2.45) is 5.92 Å². The van der Waals surface area contributed by atoms with Gasteiger partial charge in [0.15, 0.2) is 0 Å². The van der Waals surface area contributed by atoms with E-state index in [-0.39, 0.29) is 0 Å². The average Bonchev–Trinajstić information content (AvgIpc) is 2.01. The first-order valence-electron chi connectivity index (χ1n) is 5.14. The number of rotatable bonds is 7. The Labute approximate surface area is 72.4 Å². The first-order valence-corrected chi connectivity index (χ1v) is 5.14. The molecule has 67 valence electrons. The monoisotopic (exact) mass is 155 g/mol. The van der Waals surface area contributed by atoms with E-state index >= 15 is 0 Å². The molecule has 0 fully saturated rings. The molecule has 0 aromatic rings. The Bertz CT molecular complexity index is 60.4. The normalized spacial score (nSPS) is 10.9. The highest BCUT2D eigenvalue weighted by Gasteiger charge is 2.04. The van der Waals surface area contributed by atoms with E-state index in [2.05, 4.69) is 20.8 Å². The zero-order chi connectivity index (χ0) is 8.53. The average molecular weight is 155 g/mol. The number of hydrogen-bond acceptors (Lipinski definition) is 0. The number of hydrogen-bond donors (Lipinski definition) is 0. The highest BCUT2D eigenvalue weighted by atomic mass is 14.1. The van der Waals surface area contributed by atoms with Crippen LogP contribution in [-0.4, -0.2) is 0 Å². The van der Waals surface area contributed by atoms with Crippen LogP contribution >= 0.6 is 0 Å². The summed E-state index contributed by atoms with van der Waals surface area (Å²) in [6.45, 7) is 8.47. The van der Waals surface area contributed by atoms with Gasteiger partial charge in [-0.3, -0.25) is 0 Å². The summed E-state index contributed by atoms with van der Waals surface area (Å²) in [6, 6.07) is 0. The van der Waals surface area contributed by atoms with E-state index in [4.69, 9.17) is 0 Å². The molecule has 0 bridgehead atoms. The molecule has 0 spiro atoms. The van der Waals surface area contributed by atoms with Gasteiger partial charge in [-0.2, -0.15) is 0 Å². The van der Waals surface area contributed by atoms with Crippen LogP contribution in [0, 0.1) is 12.8 Å². The third-order valence-electron chi connectivity index (χ3n) is 2.28. The lowest BCUT2D eigenvalue weighted by atomic mass is 9.93.